The highest BCUT2D eigenvalue weighted by molar-refractivity contribution is 5.50. The van der Waals surface area contributed by atoms with Crippen LogP contribution in [0.15, 0.2) is 28.3 Å². The molecule has 0 radical (unpaired) electrons. The first-order valence-corrected chi connectivity index (χ1v) is 5.45. The Morgan fingerprint density at radius 1 is 1.65 bits per heavy atom. The van der Waals surface area contributed by atoms with Crippen LogP contribution >= 0.6 is 0 Å². The Morgan fingerprint density at radius 2 is 2.35 bits per heavy atom. The molecule has 0 unspecified atom stereocenters. The summed E-state index contributed by atoms with van der Waals surface area (Å²) in [5, 5.41) is 10.8. The minimum atomic E-state index is -4.78. The van der Waals surface area contributed by atoms with E-state index in [9.17, 15) is 18.0 Å². The van der Waals surface area contributed by atoms with Gasteiger partial charge >= 0.3 is 6.18 Å². The van der Waals surface area contributed by atoms with Crippen molar-refractivity contribution >= 4 is 5.69 Å². The van der Waals surface area contributed by atoms with Crippen LogP contribution < -0.4 is 10.9 Å². The summed E-state index contributed by atoms with van der Waals surface area (Å²) in [6.45, 7) is 1.66. The Balaban J connectivity index is 2.93. The molecule has 0 fully saturated rings. The zero-order valence-corrected chi connectivity index (χ0v) is 10.3. The SMILES string of the molecule is C[C@@H](/C=C/CN=[N+]=[N-])Nc1cn[nH]c(=O)c1C(F)(F)F. The minimum Gasteiger partial charge on any atom is -0.377 e. The number of alkyl halides is 3. The second-order valence-electron chi connectivity index (χ2n) is 3.76. The van der Waals surface area contributed by atoms with Gasteiger partial charge in [-0.3, -0.25) is 4.79 Å². The summed E-state index contributed by atoms with van der Waals surface area (Å²) in [4.78, 5) is 13.7. The average Bonchev–Trinajstić information content (AvgIpc) is 2.33. The van der Waals surface area contributed by atoms with Crippen LogP contribution in [0.25, 0.3) is 10.4 Å². The van der Waals surface area contributed by atoms with E-state index in [0.29, 0.717) is 0 Å². The van der Waals surface area contributed by atoms with Crippen LogP contribution in [0.2, 0.25) is 0 Å². The van der Waals surface area contributed by atoms with Crippen molar-refractivity contribution in [2.45, 2.75) is 19.1 Å². The van der Waals surface area contributed by atoms with Gasteiger partial charge in [-0.25, -0.2) is 5.10 Å². The predicted molar refractivity (Wildman–Crippen MR) is 66.1 cm³/mol. The zero-order chi connectivity index (χ0) is 15.2. The second-order valence-corrected chi connectivity index (χ2v) is 3.76. The maximum atomic E-state index is 12.8. The normalized spacial score (nSPS) is 13.0. The van der Waals surface area contributed by atoms with E-state index in [1.807, 2.05) is 0 Å². The number of H-pyrrole nitrogens is 1. The molecule has 0 bridgehead atoms. The molecule has 1 heterocycles. The molecule has 1 aromatic rings. The minimum absolute atomic E-state index is 0.0856. The maximum absolute atomic E-state index is 12.8. The first-order valence-electron chi connectivity index (χ1n) is 5.45. The van der Waals surface area contributed by atoms with Gasteiger partial charge in [-0.15, -0.1) is 0 Å². The van der Waals surface area contributed by atoms with Gasteiger partial charge in [-0.1, -0.05) is 17.3 Å². The molecule has 0 aliphatic carbocycles. The molecular weight excluding hydrogens is 277 g/mol. The molecule has 0 spiro atoms. The molecule has 0 aliphatic heterocycles. The van der Waals surface area contributed by atoms with Crippen molar-refractivity contribution in [3.05, 3.63) is 44.7 Å². The molecule has 0 aliphatic rings. The fourth-order valence-electron chi connectivity index (χ4n) is 1.43. The molecule has 0 aromatic carbocycles. The van der Waals surface area contributed by atoms with Gasteiger partial charge in [-0.05, 0) is 12.5 Å². The lowest BCUT2D eigenvalue weighted by atomic mass is 10.2. The number of nitrogens with zero attached hydrogens (tertiary/aromatic N) is 4. The van der Waals surface area contributed by atoms with Crippen LogP contribution in [0.4, 0.5) is 18.9 Å². The highest BCUT2D eigenvalue weighted by atomic mass is 19.4. The molecule has 20 heavy (non-hydrogen) atoms. The van der Waals surface area contributed by atoms with Gasteiger partial charge in [0, 0.05) is 17.5 Å². The zero-order valence-electron chi connectivity index (χ0n) is 10.3. The van der Waals surface area contributed by atoms with Gasteiger partial charge in [0.15, 0.2) is 0 Å². The number of hydrogen-bond acceptors (Lipinski definition) is 4. The quantitative estimate of drug-likeness (QED) is 0.376. The average molecular weight is 288 g/mol. The van der Waals surface area contributed by atoms with Gasteiger partial charge in [0.1, 0.15) is 5.56 Å². The van der Waals surface area contributed by atoms with E-state index in [4.69, 9.17) is 5.53 Å². The van der Waals surface area contributed by atoms with E-state index in [-0.39, 0.29) is 6.54 Å². The van der Waals surface area contributed by atoms with Crippen molar-refractivity contribution in [3.63, 3.8) is 0 Å². The summed E-state index contributed by atoms with van der Waals surface area (Å²) in [6.07, 6.45) is -0.892. The largest absolute Gasteiger partial charge is 0.423 e. The molecule has 1 aromatic heterocycles. The molecule has 2 N–H and O–H groups in total. The third kappa shape index (κ3) is 4.32. The fourth-order valence-corrected chi connectivity index (χ4v) is 1.43. The van der Waals surface area contributed by atoms with E-state index in [1.165, 1.54) is 12.2 Å². The standard InChI is InChI=1S/C10H11F3N6O/c1-6(3-2-4-15-19-14)17-7-5-16-18-9(20)8(7)10(11,12)13/h2-3,5-6H,4H2,1H3,(H2,17,18,20)/b3-2+/t6-/m0/s1. The third-order valence-corrected chi connectivity index (χ3v) is 2.20. The van der Waals surface area contributed by atoms with Gasteiger partial charge in [0.05, 0.1) is 11.9 Å². The molecule has 0 amide bonds. The third-order valence-electron chi connectivity index (χ3n) is 2.20. The number of azide groups is 1. The first-order chi connectivity index (χ1) is 9.36. The summed E-state index contributed by atoms with van der Waals surface area (Å²) in [5.41, 5.74) is 5.00. The summed E-state index contributed by atoms with van der Waals surface area (Å²) < 4.78 is 38.3. The highest BCUT2D eigenvalue weighted by Gasteiger charge is 2.37. The van der Waals surface area contributed by atoms with Crippen molar-refractivity contribution in [2.24, 2.45) is 5.11 Å². The van der Waals surface area contributed by atoms with Crippen molar-refractivity contribution in [2.75, 3.05) is 11.9 Å². The molecule has 7 nitrogen and oxygen atoms in total. The first kappa shape index (κ1) is 15.6. The van der Waals surface area contributed by atoms with E-state index in [1.54, 1.807) is 12.0 Å². The fraction of sp³-hybridized carbons (Fsp3) is 0.400. The van der Waals surface area contributed by atoms with Crippen molar-refractivity contribution in [1.29, 1.82) is 0 Å². The lowest BCUT2D eigenvalue weighted by molar-refractivity contribution is -0.138. The van der Waals surface area contributed by atoms with Crippen LogP contribution in [0.5, 0.6) is 0 Å². The van der Waals surface area contributed by atoms with Crippen LogP contribution in [-0.2, 0) is 6.18 Å². The van der Waals surface area contributed by atoms with Gasteiger partial charge in [0.25, 0.3) is 5.56 Å². The number of rotatable bonds is 5. The Hall–Kier alpha value is -2.48. The predicted octanol–water partition coefficient (Wildman–Crippen LogP) is 2.46. The van der Waals surface area contributed by atoms with Gasteiger partial charge in [-0.2, -0.15) is 18.3 Å². The highest BCUT2D eigenvalue weighted by Crippen LogP contribution is 2.31. The van der Waals surface area contributed by atoms with E-state index in [2.05, 4.69) is 20.4 Å². The van der Waals surface area contributed by atoms with Gasteiger partial charge in [0.2, 0.25) is 0 Å². The summed E-state index contributed by atoms with van der Waals surface area (Å²) in [7, 11) is 0. The second kappa shape index (κ2) is 6.62. The monoisotopic (exact) mass is 288 g/mol. The number of hydrogen-bond donors (Lipinski definition) is 2. The lowest BCUT2D eigenvalue weighted by Gasteiger charge is -2.15. The molecular formula is C10H11F3N6O. The number of aromatic nitrogens is 2. The van der Waals surface area contributed by atoms with Crippen molar-refractivity contribution in [1.82, 2.24) is 10.2 Å². The maximum Gasteiger partial charge on any atom is 0.423 e. The van der Waals surface area contributed by atoms with Crippen LogP contribution in [-0.4, -0.2) is 22.8 Å². The van der Waals surface area contributed by atoms with E-state index < -0.39 is 29.0 Å². The molecule has 10 heteroatoms. The van der Waals surface area contributed by atoms with Crippen molar-refractivity contribution < 1.29 is 13.2 Å². The molecule has 0 saturated carbocycles. The Bertz CT molecular complexity index is 587. The summed E-state index contributed by atoms with van der Waals surface area (Å²) in [5.74, 6) is 0. The van der Waals surface area contributed by atoms with Crippen LogP contribution in [0, 0.1) is 0 Å². The Labute approximate surface area is 111 Å². The number of nitrogens with one attached hydrogen (secondary N) is 2. The number of halogens is 3. The van der Waals surface area contributed by atoms with Crippen LogP contribution in [0.1, 0.15) is 12.5 Å². The lowest BCUT2D eigenvalue weighted by Crippen LogP contribution is -2.26. The summed E-state index contributed by atoms with van der Waals surface area (Å²) >= 11 is 0. The van der Waals surface area contributed by atoms with Gasteiger partial charge < -0.3 is 5.32 Å². The Kier molecular flexibility index (Phi) is 5.15. The smallest absolute Gasteiger partial charge is 0.377 e. The topological polar surface area (TPSA) is 107 Å². The molecule has 0 saturated heterocycles. The number of anilines is 1. The van der Waals surface area contributed by atoms with E-state index in [0.717, 1.165) is 6.20 Å². The Morgan fingerprint density at radius 3 is 2.95 bits per heavy atom. The van der Waals surface area contributed by atoms with Crippen molar-refractivity contribution in [3.8, 4) is 0 Å². The molecule has 108 valence electrons. The molecule has 1 rings (SSSR count). The molecule has 1 atom stereocenters. The van der Waals surface area contributed by atoms with Crippen LogP contribution in [0.3, 0.4) is 0 Å². The van der Waals surface area contributed by atoms with E-state index >= 15 is 0 Å². The summed E-state index contributed by atoms with van der Waals surface area (Å²) in [6, 6.07) is -0.506. The number of aromatic amines is 1.